The van der Waals surface area contributed by atoms with Gasteiger partial charge in [-0.05, 0) is 18.1 Å². The van der Waals surface area contributed by atoms with Crippen molar-refractivity contribution in [2.45, 2.75) is 19.3 Å². The van der Waals surface area contributed by atoms with Gasteiger partial charge in [-0.1, -0.05) is 5.16 Å². The zero-order valence-corrected chi connectivity index (χ0v) is 12.4. The molecule has 3 aliphatic rings. The zero-order valence-electron chi connectivity index (χ0n) is 12.4. The van der Waals surface area contributed by atoms with E-state index in [2.05, 4.69) is 22.2 Å². The Bertz CT molecular complexity index is 616. The number of hydrogen-bond acceptors (Lipinski definition) is 4. The third kappa shape index (κ3) is 2.46. The molecule has 5 nitrogen and oxygen atoms in total. The maximum atomic E-state index is 5.47. The standard InChI is InChI=1S/C16H21N4O/c1-20-7-4-12(5-8-20)14(11-20)9-15-18-16(19-21-15)13-3-2-6-17-10-13/h2-3,6,10,12,14H,4-5,7-9,11H2,1H3/q+1. The van der Waals surface area contributed by atoms with E-state index in [0.717, 1.165) is 23.8 Å². The molecule has 2 bridgehead atoms. The summed E-state index contributed by atoms with van der Waals surface area (Å²) in [5, 5.41) is 4.10. The third-order valence-electron chi connectivity index (χ3n) is 5.25. The highest BCUT2D eigenvalue weighted by atomic mass is 16.5. The van der Waals surface area contributed by atoms with Crippen molar-refractivity contribution in [3.05, 3.63) is 30.4 Å². The molecule has 0 N–H and O–H groups in total. The van der Waals surface area contributed by atoms with Crippen LogP contribution in [0.4, 0.5) is 0 Å². The Labute approximate surface area is 124 Å². The summed E-state index contributed by atoms with van der Waals surface area (Å²) in [6.45, 7) is 3.94. The molecule has 1 atom stereocenters. The van der Waals surface area contributed by atoms with E-state index >= 15 is 0 Å². The fourth-order valence-electron chi connectivity index (χ4n) is 3.99. The van der Waals surface area contributed by atoms with E-state index in [1.54, 1.807) is 12.4 Å². The van der Waals surface area contributed by atoms with E-state index in [-0.39, 0.29) is 0 Å². The van der Waals surface area contributed by atoms with Gasteiger partial charge in [0.2, 0.25) is 11.7 Å². The zero-order chi connectivity index (χ0) is 14.3. The number of aromatic nitrogens is 3. The molecule has 0 radical (unpaired) electrons. The Morgan fingerprint density at radius 1 is 1.33 bits per heavy atom. The summed E-state index contributed by atoms with van der Waals surface area (Å²) in [4.78, 5) is 8.66. The molecule has 3 aliphatic heterocycles. The maximum Gasteiger partial charge on any atom is 0.227 e. The molecule has 5 rings (SSSR count). The normalized spacial score (nSPS) is 31.5. The van der Waals surface area contributed by atoms with E-state index in [9.17, 15) is 0 Å². The first-order chi connectivity index (χ1) is 10.2. The molecule has 2 aromatic rings. The largest absolute Gasteiger partial charge is 0.339 e. The van der Waals surface area contributed by atoms with Crippen molar-refractivity contribution in [1.82, 2.24) is 15.1 Å². The summed E-state index contributed by atoms with van der Waals surface area (Å²) in [6.07, 6.45) is 7.15. The van der Waals surface area contributed by atoms with Crippen LogP contribution in [0.3, 0.4) is 0 Å². The number of fused-ring (bicyclic) bond motifs is 3. The predicted molar refractivity (Wildman–Crippen MR) is 78.2 cm³/mol. The number of pyridine rings is 1. The lowest BCUT2D eigenvalue weighted by atomic mass is 9.76. The molecule has 5 heteroatoms. The quantitative estimate of drug-likeness (QED) is 0.811. The van der Waals surface area contributed by atoms with Gasteiger partial charge in [0.15, 0.2) is 0 Å². The van der Waals surface area contributed by atoms with Crippen LogP contribution in [0.2, 0.25) is 0 Å². The second-order valence-corrected chi connectivity index (χ2v) is 6.80. The average Bonchev–Trinajstić information content (AvgIpc) is 2.97. The van der Waals surface area contributed by atoms with Crippen LogP contribution < -0.4 is 0 Å². The Morgan fingerprint density at radius 3 is 2.90 bits per heavy atom. The van der Waals surface area contributed by atoms with Gasteiger partial charge in [0.25, 0.3) is 0 Å². The van der Waals surface area contributed by atoms with Crippen LogP contribution in [0.25, 0.3) is 11.4 Å². The highest BCUT2D eigenvalue weighted by Gasteiger charge is 2.43. The molecule has 0 saturated carbocycles. The van der Waals surface area contributed by atoms with Gasteiger partial charge in [0.1, 0.15) is 0 Å². The summed E-state index contributed by atoms with van der Waals surface area (Å²) in [5.74, 6) is 2.97. The van der Waals surface area contributed by atoms with Crippen LogP contribution in [0.5, 0.6) is 0 Å². The van der Waals surface area contributed by atoms with E-state index in [4.69, 9.17) is 4.52 Å². The van der Waals surface area contributed by atoms with Gasteiger partial charge >= 0.3 is 0 Å². The van der Waals surface area contributed by atoms with Crippen LogP contribution in [-0.4, -0.2) is 46.3 Å². The molecule has 110 valence electrons. The second-order valence-electron chi connectivity index (χ2n) is 6.80. The highest BCUT2D eigenvalue weighted by molar-refractivity contribution is 5.51. The van der Waals surface area contributed by atoms with E-state index in [0.29, 0.717) is 11.7 Å². The number of piperidine rings is 3. The van der Waals surface area contributed by atoms with E-state index < -0.39 is 0 Å². The maximum absolute atomic E-state index is 5.47. The Hall–Kier alpha value is -1.75. The van der Waals surface area contributed by atoms with E-state index in [1.165, 1.54) is 37.0 Å². The van der Waals surface area contributed by atoms with Gasteiger partial charge in [0, 0.05) is 43.1 Å². The molecule has 21 heavy (non-hydrogen) atoms. The SMILES string of the molecule is C[N+]12CCC(CC1)C(Cc1nc(-c3cccnc3)no1)C2. The summed E-state index contributed by atoms with van der Waals surface area (Å²) < 4.78 is 6.69. The summed E-state index contributed by atoms with van der Waals surface area (Å²) in [5.41, 5.74) is 0.917. The van der Waals surface area contributed by atoms with Crippen molar-refractivity contribution < 1.29 is 9.01 Å². The van der Waals surface area contributed by atoms with Crippen LogP contribution in [0.15, 0.2) is 29.0 Å². The summed E-state index contributed by atoms with van der Waals surface area (Å²) in [7, 11) is 2.39. The van der Waals surface area contributed by atoms with Gasteiger partial charge in [0.05, 0.1) is 26.7 Å². The van der Waals surface area contributed by atoms with Crippen molar-refractivity contribution in [2.24, 2.45) is 11.8 Å². The predicted octanol–water partition coefficient (Wildman–Crippen LogP) is 2.16. The lowest BCUT2D eigenvalue weighted by Gasteiger charge is -2.50. The minimum Gasteiger partial charge on any atom is -0.339 e. The number of quaternary nitrogens is 1. The van der Waals surface area contributed by atoms with Crippen LogP contribution in [-0.2, 0) is 6.42 Å². The molecule has 1 unspecified atom stereocenters. The second kappa shape index (κ2) is 4.91. The van der Waals surface area contributed by atoms with Gasteiger partial charge in [-0.25, -0.2) is 0 Å². The minimum absolute atomic E-state index is 0.653. The molecule has 0 aromatic carbocycles. The summed E-state index contributed by atoms with van der Waals surface area (Å²) in [6, 6.07) is 3.85. The van der Waals surface area contributed by atoms with Crippen molar-refractivity contribution >= 4 is 0 Å². The first-order valence-corrected chi connectivity index (χ1v) is 7.78. The van der Waals surface area contributed by atoms with Gasteiger partial charge < -0.3 is 9.01 Å². The van der Waals surface area contributed by atoms with E-state index in [1.807, 2.05) is 12.1 Å². The molecule has 2 aromatic heterocycles. The lowest BCUT2D eigenvalue weighted by Crippen LogP contribution is -2.59. The number of rotatable bonds is 3. The molecule has 0 aliphatic carbocycles. The van der Waals surface area contributed by atoms with Crippen molar-refractivity contribution in [3.8, 4) is 11.4 Å². The van der Waals surface area contributed by atoms with Crippen molar-refractivity contribution in [1.29, 1.82) is 0 Å². The molecule has 0 spiro atoms. The molecular weight excluding hydrogens is 264 g/mol. The van der Waals surface area contributed by atoms with Crippen molar-refractivity contribution in [2.75, 3.05) is 26.7 Å². The molecule has 5 heterocycles. The monoisotopic (exact) mass is 285 g/mol. The lowest BCUT2D eigenvalue weighted by molar-refractivity contribution is -0.929. The average molecular weight is 285 g/mol. The summed E-state index contributed by atoms with van der Waals surface area (Å²) >= 11 is 0. The minimum atomic E-state index is 0.653. The van der Waals surface area contributed by atoms with Gasteiger partial charge in [-0.15, -0.1) is 0 Å². The molecule has 3 fully saturated rings. The number of hydrogen-bond donors (Lipinski definition) is 0. The Morgan fingerprint density at radius 2 is 2.19 bits per heavy atom. The smallest absolute Gasteiger partial charge is 0.227 e. The topological polar surface area (TPSA) is 51.8 Å². The molecular formula is C16H21N4O+. The third-order valence-corrected chi connectivity index (χ3v) is 5.25. The van der Waals surface area contributed by atoms with Gasteiger partial charge in [-0.2, -0.15) is 4.98 Å². The van der Waals surface area contributed by atoms with Crippen molar-refractivity contribution in [3.63, 3.8) is 0 Å². The number of nitrogens with zero attached hydrogens (tertiary/aromatic N) is 4. The Kier molecular flexibility index (Phi) is 3.03. The van der Waals surface area contributed by atoms with Crippen LogP contribution in [0.1, 0.15) is 18.7 Å². The molecule has 0 amide bonds. The first kappa shape index (κ1) is 13.0. The van der Waals surface area contributed by atoms with Crippen LogP contribution in [0, 0.1) is 11.8 Å². The highest BCUT2D eigenvalue weighted by Crippen LogP contribution is 2.37. The van der Waals surface area contributed by atoms with Gasteiger partial charge in [-0.3, -0.25) is 4.98 Å². The fourth-order valence-corrected chi connectivity index (χ4v) is 3.99. The fraction of sp³-hybridized carbons (Fsp3) is 0.562. The molecule has 3 saturated heterocycles. The Balaban J connectivity index is 1.50. The van der Waals surface area contributed by atoms with Crippen LogP contribution >= 0.6 is 0 Å². The first-order valence-electron chi connectivity index (χ1n) is 7.78.